The third-order valence-electron chi connectivity index (χ3n) is 5.20. The first kappa shape index (κ1) is 22.0. The Hall–Kier alpha value is -2.65. The smallest absolute Gasteiger partial charge is 0.406 e. The highest BCUT2D eigenvalue weighted by Gasteiger charge is 2.41. The van der Waals surface area contributed by atoms with Crippen LogP contribution in [0.1, 0.15) is 18.4 Å². The average molecular weight is 426 g/mol. The monoisotopic (exact) mass is 426 g/mol. The maximum absolute atomic E-state index is 13.8. The Balaban J connectivity index is 1.60. The number of piperidine rings is 1. The second-order valence-corrected chi connectivity index (χ2v) is 7.31. The van der Waals surface area contributed by atoms with E-state index in [4.69, 9.17) is 0 Å². The molecule has 0 spiro atoms. The van der Waals surface area contributed by atoms with Gasteiger partial charge < -0.3 is 14.7 Å². The number of anilines is 1. The molecular weight excluding hydrogens is 404 g/mol. The Labute approximate surface area is 171 Å². The number of alkyl halides is 3. The molecule has 3 rings (SSSR count). The highest BCUT2D eigenvalue weighted by molar-refractivity contribution is 5.99. The fraction of sp³-hybridized carbons (Fsp3) is 0.381. The van der Waals surface area contributed by atoms with Gasteiger partial charge in [-0.15, -0.1) is 13.2 Å². The molecular formula is C21H22F4N2O3. The number of carbonyl (C=O) groups is 1. The lowest BCUT2D eigenvalue weighted by Gasteiger charge is -2.39. The van der Waals surface area contributed by atoms with E-state index in [9.17, 15) is 27.5 Å². The predicted molar refractivity (Wildman–Crippen MR) is 102 cm³/mol. The van der Waals surface area contributed by atoms with Gasteiger partial charge in [0.15, 0.2) is 0 Å². The van der Waals surface area contributed by atoms with Crippen molar-refractivity contribution in [3.8, 4) is 5.75 Å². The van der Waals surface area contributed by atoms with E-state index in [2.05, 4.69) is 4.74 Å². The van der Waals surface area contributed by atoms with Crippen molar-refractivity contribution in [1.82, 2.24) is 4.90 Å². The van der Waals surface area contributed by atoms with Crippen molar-refractivity contribution in [3.63, 3.8) is 0 Å². The van der Waals surface area contributed by atoms with Crippen LogP contribution < -0.4 is 9.64 Å². The zero-order valence-electron chi connectivity index (χ0n) is 16.3. The number of nitrogens with zero attached hydrogens (tertiary/aromatic N) is 2. The van der Waals surface area contributed by atoms with Gasteiger partial charge >= 0.3 is 6.36 Å². The van der Waals surface area contributed by atoms with Crippen molar-refractivity contribution in [2.75, 3.05) is 25.0 Å². The summed E-state index contributed by atoms with van der Waals surface area (Å²) in [4.78, 5) is 16.0. The van der Waals surface area contributed by atoms with E-state index >= 15 is 0 Å². The fourth-order valence-electron chi connectivity index (χ4n) is 3.46. The van der Waals surface area contributed by atoms with E-state index in [-0.39, 0.29) is 18.7 Å². The van der Waals surface area contributed by atoms with Crippen molar-refractivity contribution in [2.24, 2.45) is 0 Å². The number of likely N-dealkylation sites (tertiary alicyclic amines) is 1. The lowest BCUT2D eigenvalue weighted by atomic mass is 9.89. The fourth-order valence-corrected chi connectivity index (χ4v) is 3.46. The second-order valence-electron chi connectivity index (χ2n) is 7.31. The number of aliphatic hydroxyl groups is 1. The largest absolute Gasteiger partial charge is 0.573 e. The minimum absolute atomic E-state index is 0.167. The molecule has 9 heteroatoms. The highest BCUT2D eigenvalue weighted by Crippen LogP contribution is 2.29. The molecule has 2 aromatic carbocycles. The third-order valence-corrected chi connectivity index (χ3v) is 5.20. The number of hydrogen-bond donors (Lipinski definition) is 1. The van der Waals surface area contributed by atoms with E-state index in [0.717, 1.165) is 12.1 Å². The first-order chi connectivity index (χ1) is 14.1. The van der Waals surface area contributed by atoms with Crippen LogP contribution in [-0.4, -0.2) is 48.0 Å². The molecule has 1 N–H and O–H groups in total. The molecule has 5 nitrogen and oxygen atoms in total. The van der Waals surface area contributed by atoms with E-state index in [0.29, 0.717) is 30.9 Å². The van der Waals surface area contributed by atoms with Crippen LogP contribution in [0.25, 0.3) is 0 Å². The lowest BCUT2D eigenvalue weighted by molar-refractivity contribution is -0.274. The Kier molecular flexibility index (Phi) is 6.33. The number of ether oxygens (including phenoxy) is 1. The van der Waals surface area contributed by atoms with Gasteiger partial charge in [-0.25, -0.2) is 4.39 Å². The second kappa shape index (κ2) is 8.61. The van der Waals surface area contributed by atoms with Crippen molar-refractivity contribution in [2.45, 2.75) is 31.3 Å². The minimum Gasteiger partial charge on any atom is -0.406 e. The van der Waals surface area contributed by atoms with Crippen LogP contribution in [0.15, 0.2) is 48.5 Å². The van der Waals surface area contributed by atoms with Crippen LogP contribution in [-0.2, 0) is 11.3 Å². The molecule has 0 aromatic heterocycles. The number of halogens is 4. The van der Waals surface area contributed by atoms with Crippen LogP contribution in [0.5, 0.6) is 5.75 Å². The normalized spacial score (nSPS) is 16.9. The summed E-state index contributed by atoms with van der Waals surface area (Å²) in [7, 11) is 1.45. The van der Waals surface area contributed by atoms with E-state index in [1.807, 2.05) is 4.90 Å². The summed E-state index contributed by atoms with van der Waals surface area (Å²) in [5, 5.41) is 10.9. The van der Waals surface area contributed by atoms with E-state index < -0.39 is 23.6 Å². The standard InChI is InChI=1S/C21H22F4N2O3/c1-26(16-6-8-17(9-7-16)30-21(23,24)25)19(28)20(29)10-12-27(13-11-20)14-15-4-2-3-5-18(15)22/h2-9,29H,10-14H2,1H3. The topological polar surface area (TPSA) is 53.0 Å². The number of carbonyl (C=O) groups excluding carboxylic acids is 1. The molecule has 0 atom stereocenters. The quantitative estimate of drug-likeness (QED) is 0.741. The maximum atomic E-state index is 13.8. The van der Waals surface area contributed by atoms with Gasteiger partial charge in [0.05, 0.1) is 0 Å². The van der Waals surface area contributed by atoms with Gasteiger partial charge in [0.2, 0.25) is 0 Å². The molecule has 0 bridgehead atoms. The number of likely N-dealkylation sites (N-methyl/N-ethyl adjacent to an activating group) is 1. The van der Waals surface area contributed by atoms with Crippen LogP contribution in [0.2, 0.25) is 0 Å². The van der Waals surface area contributed by atoms with Crippen molar-refractivity contribution in [3.05, 3.63) is 59.9 Å². The van der Waals surface area contributed by atoms with Crippen LogP contribution in [0, 0.1) is 5.82 Å². The SMILES string of the molecule is CN(C(=O)C1(O)CCN(Cc2ccccc2F)CC1)c1ccc(OC(F)(F)F)cc1. The molecule has 162 valence electrons. The molecule has 1 aliphatic heterocycles. The molecule has 30 heavy (non-hydrogen) atoms. The summed E-state index contributed by atoms with van der Waals surface area (Å²) in [6.45, 7) is 1.19. The molecule has 0 unspecified atom stereocenters. The summed E-state index contributed by atoms with van der Waals surface area (Å²) >= 11 is 0. The maximum Gasteiger partial charge on any atom is 0.573 e. The zero-order chi connectivity index (χ0) is 21.9. The molecule has 2 aromatic rings. The molecule has 1 aliphatic rings. The number of rotatable bonds is 5. The summed E-state index contributed by atoms with van der Waals surface area (Å²) in [5.74, 6) is -1.24. The molecule has 1 amide bonds. The van der Waals surface area contributed by atoms with Gasteiger partial charge in [-0.1, -0.05) is 18.2 Å². The van der Waals surface area contributed by atoms with E-state index in [1.165, 1.54) is 30.1 Å². The Morgan fingerprint density at radius 2 is 1.73 bits per heavy atom. The van der Waals surface area contributed by atoms with Crippen LogP contribution >= 0.6 is 0 Å². The first-order valence-electron chi connectivity index (χ1n) is 9.39. The van der Waals surface area contributed by atoms with Gasteiger partial charge in [-0.3, -0.25) is 9.69 Å². The lowest BCUT2D eigenvalue weighted by Crippen LogP contribution is -2.54. The summed E-state index contributed by atoms with van der Waals surface area (Å²) < 4.78 is 54.5. The molecule has 1 saturated heterocycles. The average Bonchev–Trinajstić information content (AvgIpc) is 2.70. The van der Waals surface area contributed by atoms with Crippen molar-refractivity contribution in [1.29, 1.82) is 0 Å². The number of hydrogen-bond acceptors (Lipinski definition) is 4. The minimum atomic E-state index is -4.80. The van der Waals surface area contributed by atoms with Crippen LogP contribution in [0.3, 0.4) is 0 Å². The van der Waals surface area contributed by atoms with Gasteiger partial charge in [0.25, 0.3) is 5.91 Å². The highest BCUT2D eigenvalue weighted by atomic mass is 19.4. The van der Waals surface area contributed by atoms with Gasteiger partial charge in [0, 0.05) is 37.9 Å². The number of amides is 1. The predicted octanol–water partition coefficient (Wildman–Crippen LogP) is 3.71. The zero-order valence-corrected chi connectivity index (χ0v) is 16.3. The Bertz CT molecular complexity index is 879. The number of benzene rings is 2. The van der Waals surface area contributed by atoms with Gasteiger partial charge in [-0.2, -0.15) is 0 Å². The third kappa shape index (κ3) is 5.28. The molecule has 0 aliphatic carbocycles. The van der Waals surface area contributed by atoms with Gasteiger partial charge in [-0.05, 0) is 43.2 Å². The van der Waals surface area contributed by atoms with Crippen molar-refractivity contribution >= 4 is 11.6 Å². The first-order valence-corrected chi connectivity index (χ1v) is 9.39. The molecule has 1 fully saturated rings. The molecule has 1 heterocycles. The van der Waals surface area contributed by atoms with Crippen LogP contribution in [0.4, 0.5) is 23.2 Å². The summed E-state index contributed by atoms with van der Waals surface area (Å²) in [6, 6.07) is 11.3. The Morgan fingerprint density at radius 3 is 2.30 bits per heavy atom. The summed E-state index contributed by atoms with van der Waals surface area (Å²) in [5.41, 5.74) is -0.717. The van der Waals surface area contributed by atoms with E-state index in [1.54, 1.807) is 18.2 Å². The van der Waals surface area contributed by atoms with Crippen molar-refractivity contribution < 1.29 is 32.2 Å². The summed E-state index contributed by atoms with van der Waals surface area (Å²) in [6.07, 6.45) is -4.46. The Morgan fingerprint density at radius 1 is 1.13 bits per heavy atom. The molecule has 0 radical (unpaired) electrons. The van der Waals surface area contributed by atoms with Gasteiger partial charge in [0.1, 0.15) is 17.2 Å². The molecule has 0 saturated carbocycles.